The molecule has 0 amide bonds. The molecule has 2 N–H and O–H groups in total. The molecule has 0 unspecified atom stereocenters. The Labute approximate surface area is 123 Å². The van der Waals surface area contributed by atoms with Crippen molar-refractivity contribution >= 4 is 5.97 Å². The van der Waals surface area contributed by atoms with Crippen LogP contribution in [0.4, 0.5) is 0 Å². The van der Waals surface area contributed by atoms with E-state index in [0.29, 0.717) is 6.42 Å². The number of hydrogen-bond donors (Lipinski definition) is 1. The maximum absolute atomic E-state index is 12.4. The number of nitrogens with zero attached hydrogens (tertiary/aromatic N) is 3. The van der Waals surface area contributed by atoms with Crippen LogP contribution >= 0.6 is 0 Å². The Morgan fingerprint density at radius 1 is 1.43 bits per heavy atom. The van der Waals surface area contributed by atoms with Crippen LogP contribution in [-0.4, -0.2) is 23.7 Å². The molecule has 21 heavy (non-hydrogen) atoms. The Morgan fingerprint density at radius 2 is 2.05 bits per heavy atom. The molecule has 1 aliphatic carbocycles. The van der Waals surface area contributed by atoms with Gasteiger partial charge in [-0.15, -0.1) is 0 Å². The first kappa shape index (κ1) is 15.4. The molecule has 0 spiro atoms. The molecule has 0 bridgehead atoms. The first-order valence-corrected chi connectivity index (χ1v) is 6.84. The van der Waals surface area contributed by atoms with Crippen molar-refractivity contribution < 1.29 is 9.53 Å². The molecular weight excluding hydrogens is 268 g/mol. The Hall–Kier alpha value is -2.04. The number of rotatable bonds is 4. The van der Waals surface area contributed by atoms with Crippen LogP contribution in [0.3, 0.4) is 0 Å². The average Bonchev–Trinajstić information content (AvgIpc) is 3.04. The van der Waals surface area contributed by atoms with Crippen molar-refractivity contribution in [3.63, 3.8) is 0 Å². The molecule has 0 aromatic heterocycles. The summed E-state index contributed by atoms with van der Waals surface area (Å²) in [6, 6.07) is 9.43. The van der Waals surface area contributed by atoms with E-state index in [-0.39, 0.29) is 6.54 Å². The highest BCUT2D eigenvalue weighted by atomic mass is 16.6. The largest absolute Gasteiger partial charge is 0.459 e. The molecule has 0 radical (unpaired) electrons. The molecular formula is C15H20N4O2. The predicted molar refractivity (Wildman–Crippen MR) is 79.5 cm³/mol. The monoisotopic (exact) mass is 288 g/mol. The summed E-state index contributed by atoms with van der Waals surface area (Å²) in [4.78, 5) is 15.2. The number of azide groups is 1. The quantitative estimate of drug-likeness (QED) is 0.399. The van der Waals surface area contributed by atoms with Gasteiger partial charge in [0, 0.05) is 16.9 Å². The second-order valence-corrected chi connectivity index (χ2v) is 6.49. The van der Waals surface area contributed by atoms with E-state index in [1.807, 2.05) is 30.3 Å². The van der Waals surface area contributed by atoms with E-state index in [9.17, 15) is 4.79 Å². The van der Waals surface area contributed by atoms with Gasteiger partial charge in [0.1, 0.15) is 11.1 Å². The fourth-order valence-corrected chi connectivity index (χ4v) is 2.63. The second kappa shape index (κ2) is 5.06. The smallest absolute Gasteiger partial charge is 0.327 e. The van der Waals surface area contributed by atoms with Crippen LogP contribution in [0, 0.1) is 0 Å². The van der Waals surface area contributed by atoms with Gasteiger partial charge in [-0.2, -0.15) is 0 Å². The number of nitrogens with two attached hydrogens (primary N) is 1. The van der Waals surface area contributed by atoms with Crippen LogP contribution in [0.1, 0.15) is 32.8 Å². The zero-order valence-electron chi connectivity index (χ0n) is 12.5. The molecule has 2 atom stereocenters. The van der Waals surface area contributed by atoms with Crippen LogP contribution in [-0.2, 0) is 14.9 Å². The van der Waals surface area contributed by atoms with Gasteiger partial charge in [-0.25, -0.2) is 0 Å². The lowest BCUT2D eigenvalue weighted by molar-refractivity contribution is -0.158. The lowest BCUT2D eigenvalue weighted by Crippen LogP contribution is -2.46. The Kier molecular flexibility index (Phi) is 3.70. The zero-order valence-corrected chi connectivity index (χ0v) is 12.5. The average molecular weight is 288 g/mol. The summed E-state index contributed by atoms with van der Waals surface area (Å²) in [7, 11) is 0. The zero-order chi connectivity index (χ0) is 15.7. The maximum Gasteiger partial charge on any atom is 0.327 e. The highest BCUT2D eigenvalue weighted by Gasteiger charge is 2.71. The van der Waals surface area contributed by atoms with Crippen molar-refractivity contribution in [1.82, 2.24) is 0 Å². The lowest BCUT2D eigenvalue weighted by atomic mass is 9.90. The van der Waals surface area contributed by atoms with E-state index < -0.39 is 22.5 Å². The van der Waals surface area contributed by atoms with Crippen molar-refractivity contribution in [3.8, 4) is 0 Å². The Morgan fingerprint density at radius 3 is 2.57 bits per heavy atom. The minimum Gasteiger partial charge on any atom is -0.459 e. The molecule has 1 fully saturated rings. The van der Waals surface area contributed by atoms with Crippen molar-refractivity contribution in [1.29, 1.82) is 0 Å². The number of ether oxygens (including phenoxy) is 1. The van der Waals surface area contributed by atoms with Gasteiger partial charge >= 0.3 is 5.97 Å². The summed E-state index contributed by atoms with van der Waals surface area (Å²) in [5, 5.41) is 3.65. The summed E-state index contributed by atoms with van der Waals surface area (Å²) in [5.41, 5.74) is 13.4. The van der Waals surface area contributed by atoms with Gasteiger partial charge in [0.15, 0.2) is 0 Å². The minimum absolute atomic E-state index is 0.142. The summed E-state index contributed by atoms with van der Waals surface area (Å²) in [6.07, 6.45) is 0.415. The topological polar surface area (TPSA) is 101 Å². The van der Waals surface area contributed by atoms with Crippen molar-refractivity contribution in [2.45, 2.75) is 43.7 Å². The van der Waals surface area contributed by atoms with Gasteiger partial charge in [-0.3, -0.25) is 4.79 Å². The standard InChI is InChI=1S/C15H20N4O2/c1-13(2,3)21-12(20)15(16)9-14(15,10-18-19-17)11-7-5-4-6-8-11/h4-8H,9-10,16H2,1-3H3/t14-,15+/m1/s1. The normalized spacial score (nSPS) is 27.6. The summed E-state index contributed by atoms with van der Waals surface area (Å²) < 4.78 is 5.42. The van der Waals surface area contributed by atoms with E-state index in [0.717, 1.165) is 5.56 Å². The highest BCUT2D eigenvalue weighted by molar-refractivity contribution is 5.89. The molecule has 1 aromatic rings. The molecule has 2 rings (SSSR count). The van der Waals surface area contributed by atoms with Crippen LogP contribution in [0.2, 0.25) is 0 Å². The molecule has 1 saturated carbocycles. The van der Waals surface area contributed by atoms with E-state index in [1.165, 1.54) is 0 Å². The van der Waals surface area contributed by atoms with Crippen molar-refractivity contribution in [2.75, 3.05) is 6.54 Å². The van der Waals surface area contributed by atoms with E-state index in [2.05, 4.69) is 10.0 Å². The van der Waals surface area contributed by atoms with E-state index in [4.69, 9.17) is 16.0 Å². The van der Waals surface area contributed by atoms with Gasteiger partial charge in [0.05, 0.1) is 0 Å². The summed E-state index contributed by atoms with van der Waals surface area (Å²) in [5.74, 6) is -0.452. The number of hydrogen-bond acceptors (Lipinski definition) is 4. The van der Waals surface area contributed by atoms with Crippen LogP contribution in [0.15, 0.2) is 35.4 Å². The Balaban J connectivity index is 2.33. The molecule has 1 aromatic carbocycles. The van der Waals surface area contributed by atoms with Gasteiger partial charge < -0.3 is 10.5 Å². The first-order valence-electron chi connectivity index (χ1n) is 6.84. The van der Waals surface area contributed by atoms with Crippen molar-refractivity contribution in [2.24, 2.45) is 10.8 Å². The van der Waals surface area contributed by atoms with Gasteiger partial charge in [0.2, 0.25) is 0 Å². The number of carbonyl (C=O) groups is 1. The molecule has 0 aliphatic heterocycles. The minimum atomic E-state index is -1.14. The van der Waals surface area contributed by atoms with E-state index in [1.54, 1.807) is 20.8 Å². The van der Waals surface area contributed by atoms with Gasteiger partial charge in [-0.1, -0.05) is 35.4 Å². The number of benzene rings is 1. The van der Waals surface area contributed by atoms with Crippen LogP contribution in [0.5, 0.6) is 0 Å². The van der Waals surface area contributed by atoms with Gasteiger partial charge in [-0.05, 0) is 38.3 Å². The number of esters is 1. The molecule has 112 valence electrons. The molecule has 6 heteroatoms. The van der Waals surface area contributed by atoms with Gasteiger partial charge in [0.25, 0.3) is 0 Å². The summed E-state index contributed by atoms with van der Waals surface area (Å²) >= 11 is 0. The van der Waals surface area contributed by atoms with E-state index >= 15 is 0 Å². The van der Waals surface area contributed by atoms with Crippen LogP contribution in [0.25, 0.3) is 10.4 Å². The summed E-state index contributed by atoms with van der Waals surface area (Å²) in [6.45, 7) is 5.54. The predicted octanol–water partition coefficient (Wildman–Crippen LogP) is 2.68. The fraction of sp³-hybridized carbons (Fsp3) is 0.533. The first-order chi connectivity index (χ1) is 9.75. The fourth-order valence-electron chi connectivity index (χ4n) is 2.63. The second-order valence-electron chi connectivity index (χ2n) is 6.49. The third-order valence-corrected chi connectivity index (χ3v) is 3.80. The Bertz CT molecular complexity index is 589. The molecule has 6 nitrogen and oxygen atoms in total. The SMILES string of the molecule is CC(C)(C)OC(=O)[C@@]1(N)C[C@@]1(CN=[N+]=[N-])c1ccccc1. The van der Waals surface area contributed by atoms with Crippen LogP contribution < -0.4 is 5.73 Å². The molecule has 1 aliphatic rings. The molecule has 0 saturated heterocycles. The highest BCUT2D eigenvalue weighted by Crippen LogP contribution is 2.57. The third kappa shape index (κ3) is 2.73. The van der Waals surface area contributed by atoms with Crippen molar-refractivity contribution in [3.05, 3.63) is 46.3 Å². The lowest BCUT2D eigenvalue weighted by Gasteiger charge is -2.25. The maximum atomic E-state index is 12.4. The number of carbonyl (C=O) groups excluding carboxylic acids is 1. The third-order valence-electron chi connectivity index (χ3n) is 3.80. The molecule has 0 heterocycles.